The van der Waals surface area contributed by atoms with Crippen molar-refractivity contribution in [3.63, 3.8) is 0 Å². The minimum atomic E-state index is 0.221. The van der Waals surface area contributed by atoms with Crippen molar-refractivity contribution >= 4 is 5.69 Å². The number of aromatic hydroxyl groups is 1. The topological polar surface area (TPSA) is 50.7 Å². The standard InChI is InChI=1S/C17H21NO3/c1-11-5-8-15(12(2)17(11)21-4)18-10-13-6-7-14(20-3)9-16(13)19/h5-9,18-19H,10H2,1-4H3. The third-order valence-corrected chi connectivity index (χ3v) is 3.57. The van der Waals surface area contributed by atoms with Gasteiger partial charge < -0.3 is 19.9 Å². The molecule has 0 amide bonds. The molecule has 112 valence electrons. The van der Waals surface area contributed by atoms with Crippen molar-refractivity contribution in [3.05, 3.63) is 47.0 Å². The van der Waals surface area contributed by atoms with Gasteiger partial charge in [0, 0.05) is 29.4 Å². The summed E-state index contributed by atoms with van der Waals surface area (Å²) in [5.74, 6) is 1.75. The Morgan fingerprint density at radius 3 is 2.43 bits per heavy atom. The van der Waals surface area contributed by atoms with Crippen molar-refractivity contribution < 1.29 is 14.6 Å². The number of benzene rings is 2. The maximum Gasteiger partial charge on any atom is 0.126 e. The van der Waals surface area contributed by atoms with Crippen LogP contribution in [-0.2, 0) is 6.54 Å². The molecule has 0 spiro atoms. The number of rotatable bonds is 5. The minimum absolute atomic E-state index is 0.221. The zero-order chi connectivity index (χ0) is 15.4. The molecule has 4 nitrogen and oxygen atoms in total. The lowest BCUT2D eigenvalue weighted by molar-refractivity contribution is 0.406. The van der Waals surface area contributed by atoms with E-state index in [1.165, 1.54) is 0 Å². The van der Waals surface area contributed by atoms with E-state index in [0.29, 0.717) is 12.3 Å². The number of hydrogen-bond acceptors (Lipinski definition) is 4. The first-order chi connectivity index (χ1) is 10.1. The molecule has 2 aromatic carbocycles. The Morgan fingerprint density at radius 1 is 1.05 bits per heavy atom. The number of nitrogens with one attached hydrogen (secondary N) is 1. The van der Waals surface area contributed by atoms with Crippen molar-refractivity contribution in [1.82, 2.24) is 0 Å². The number of phenolic OH excluding ortho intramolecular Hbond substituents is 1. The Kier molecular flexibility index (Phi) is 4.58. The van der Waals surface area contributed by atoms with E-state index in [2.05, 4.69) is 5.32 Å². The highest BCUT2D eigenvalue weighted by atomic mass is 16.5. The second kappa shape index (κ2) is 6.39. The van der Waals surface area contributed by atoms with Crippen LogP contribution < -0.4 is 14.8 Å². The fourth-order valence-corrected chi connectivity index (χ4v) is 2.34. The van der Waals surface area contributed by atoms with Crippen LogP contribution >= 0.6 is 0 Å². The lowest BCUT2D eigenvalue weighted by atomic mass is 10.1. The number of ether oxygens (including phenoxy) is 2. The summed E-state index contributed by atoms with van der Waals surface area (Å²) in [5.41, 5.74) is 3.97. The minimum Gasteiger partial charge on any atom is -0.507 e. The number of phenols is 1. The predicted molar refractivity (Wildman–Crippen MR) is 84.5 cm³/mol. The van der Waals surface area contributed by atoms with Gasteiger partial charge in [0.15, 0.2) is 0 Å². The molecule has 0 aliphatic heterocycles. The predicted octanol–water partition coefficient (Wildman–Crippen LogP) is 3.64. The molecule has 0 unspecified atom stereocenters. The summed E-state index contributed by atoms with van der Waals surface area (Å²) in [6.45, 7) is 4.57. The van der Waals surface area contributed by atoms with Gasteiger partial charge in [-0.25, -0.2) is 0 Å². The number of anilines is 1. The average Bonchev–Trinajstić information content (AvgIpc) is 2.48. The van der Waals surface area contributed by atoms with Crippen LogP contribution in [0.25, 0.3) is 0 Å². The zero-order valence-corrected chi connectivity index (χ0v) is 12.9. The molecule has 2 rings (SSSR count). The largest absolute Gasteiger partial charge is 0.507 e. The number of aryl methyl sites for hydroxylation is 1. The molecule has 0 fully saturated rings. The summed E-state index contributed by atoms with van der Waals surface area (Å²) < 4.78 is 10.5. The van der Waals surface area contributed by atoms with E-state index in [-0.39, 0.29) is 5.75 Å². The summed E-state index contributed by atoms with van der Waals surface area (Å²) in [6, 6.07) is 9.33. The van der Waals surface area contributed by atoms with Gasteiger partial charge in [-0.3, -0.25) is 0 Å². The molecule has 0 saturated heterocycles. The monoisotopic (exact) mass is 287 g/mol. The van der Waals surface area contributed by atoms with Crippen LogP contribution in [0.1, 0.15) is 16.7 Å². The van der Waals surface area contributed by atoms with Gasteiger partial charge >= 0.3 is 0 Å². The van der Waals surface area contributed by atoms with E-state index in [1.807, 2.05) is 38.1 Å². The highest BCUT2D eigenvalue weighted by molar-refractivity contribution is 5.60. The molecule has 0 aliphatic carbocycles. The lowest BCUT2D eigenvalue weighted by Crippen LogP contribution is -2.03. The Morgan fingerprint density at radius 2 is 1.81 bits per heavy atom. The van der Waals surface area contributed by atoms with Gasteiger partial charge in [-0.2, -0.15) is 0 Å². The summed E-state index contributed by atoms with van der Waals surface area (Å²) in [4.78, 5) is 0. The van der Waals surface area contributed by atoms with E-state index >= 15 is 0 Å². The van der Waals surface area contributed by atoms with Gasteiger partial charge in [-0.05, 0) is 37.6 Å². The molecule has 2 N–H and O–H groups in total. The molecule has 21 heavy (non-hydrogen) atoms. The molecule has 0 atom stereocenters. The molecule has 0 aliphatic rings. The molecule has 4 heteroatoms. The summed E-state index contributed by atoms with van der Waals surface area (Å²) >= 11 is 0. The smallest absolute Gasteiger partial charge is 0.126 e. The van der Waals surface area contributed by atoms with Crippen LogP contribution in [0.4, 0.5) is 5.69 Å². The molecular formula is C17H21NO3. The highest BCUT2D eigenvalue weighted by Crippen LogP contribution is 2.30. The van der Waals surface area contributed by atoms with Crippen molar-refractivity contribution in [2.75, 3.05) is 19.5 Å². The highest BCUT2D eigenvalue weighted by Gasteiger charge is 2.09. The Labute approximate surface area is 125 Å². The van der Waals surface area contributed by atoms with E-state index in [9.17, 15) is 5.11 Å². The second-order valence-corrected chi connectivity index (χ2v) is 4.94. The van der Waals surface area contributed by atoms with E-state index in [0.717, 1.165) is 28.1 Å². The van der Waals surface area contributed by atoms with Crippen molar-refractivity contribution in [1.29, 1.82) is 0 Å². The summed E-state index contributed by atoms with van der Waals surface area (Å²) in [5, 5.41) is 13.3. The van der Waals surface area contributed by atoms with Crippen molar-refractivity contribution in [3.8, 4) is 17.2 Å². The molecule has 0 radical (unpaired) electrons. The SMILES string of the molecule is COc1ccc(CNc2ccc(C)c(OC)c2C)c(O)c1. The normalized spacial score (nSPS) is 10.3. The Hall–Kier alpha value is -2.36. The quantitative estimate of drug-likeness (QED) is 0.881. The van der Waals surface area contributed by atoms with Gasteiger partial charge in [0.05, 0.1) is 14.2 Å². The first-order valence-electron chi connectivity index (χ1n) is 6.80. The number of hydrogen-bond donors (Lipinski definition) is 2. The van der Waals surface area contributed by atoms with Crippen molar-refractivity contribution in [2.45, 2.75) is 20.4 Å². The maximum absolute atomic E-state index is 9.97. The molecule has 0 aromatic heterocycles. The first-order valence-corrected chi connectivity index (χ1v) is 6.80. The number of methoxy groups -OCH3 is 2. The maximum atomic E-state index is 9.97. The van der Waals surface area contributed by atoms with E-state index in [1.54, 1.807) is 20.3 Å². The van der Waals surface area contributed by atoms with Crippen LogP contribution in [0.3, 0.4) is 0 Å². The fraction of sp³-hybridized carbons (Fsp3) is 0.294. The Bertz CT molecular complexity index is 638. The summed E-state index contributed by atoms with van der Waals surface area (Å²) in [7, 11) is 3.25. The van der Waals surface area contributed by atoms with Gasteiger partial charge in [0.1, 0.15) is 17.2 Å². The Balaban J connectivity index is 2.17. The van der Waals surface area contributed by atoms with Crippen molar-refractivity contribution in [2.24, 2.45) is 0 Å². The third-order valence-electron chi connectivity index (χ3n) is 3.57. The first kappa shape index (κ1) is 15.0. The van der Waals surface area contributed by atoms with Gasteiger partial charge in [-0.1, -0.05) is 6.07 Å². The van der Waals surface area contributed by atoms with Gasteiger partial charge in [0.25, 0.3) is 0 Å². The van der Waals surface area contributed by atoms with Crippen LogP contribution in [0.5, 0.6) is 17.2 Å². The molecule has 0 saturated carbocycles. The average molecular weight is 287 g/mol. The van der Waals surface area contributed by atoms with Crippen LogP contribution in [-0.4, -0.2) is 19.3 Å². The molecule has 2 aromatic rings. The van der Waals surface area contributed by atoms with E-state index in [4.69, 9.17) is 9.47 Å². The molecule has 0 bridgehead atoms. The third kappa shape index (κ3) is 3.21. The van der Waals surface area contributed by atoms with Gasteiger partial charge in [-0.15, -0.1) is 0 Å². The summed E-state index contributed by atoms with van der Waals surface area (Å²) in [6.07, 6.45) is 0. The molecule has 0 heterocycles. The van der Waals surface area contributed by atoms with E-state index < -0.39 is 0 Å². The second-order valence-electron chi connectivity index (χ2n) is 4.94. The fourth-order valence-electron chi connectivity index (χ4n) is 2.34. The van der Waals surface area contributed by atoms with Crippen LogP contribution in [0.15, 0.2) is 30.3 Å². The van der Waals surface area contributed by atoms with Crippen LogP contribution in [0, 0.1) is 13.8 Å². The van der Waals surface area contributed by atoms with Gasteiger partial charge in [0.2, 0.25) is 0 Å². The van der Waals surface area contributed by atoms with Crippen LogP contribution in [0.2, 0.25) is 0 Å². The molecular weight excluding hydrogens is 266 g/mol. The zero-order valence-electron chi connectivity index (χ0n) is 12.9. The lowest BCUT2D eigenvalue weighted by Gasteiger charge is -2.15.